The Balaban J connectivity index is 2.58. The lowest BCUT2D eigenvalue weighted by Crippen LogP contribution is -2.18. The van der Waals surface area contributed by atoms with Crippen LogP contribution in [0.2, 0.25) is 0 Å². The van der Waals surface area contributed by atoms with Crippen LogP contribution in [0.4, 0.5) is 8.78 Å². The summed E-state index contributed by atoms with van der Waals surface area (Å²) >= 11 is 0. The number of benzene rings is 1. The van der Waals surface area contributed by atoms with Gasteiger partial charge in [0.25, 0.3) is 0 Å². The molecule has 0 bridgehead atoms. The number of hydrogen-bond acceptors (Lipinski definition) is 2. The molecule has 0 aliphatic carbocycles. The molecule has 1 rings (SSSR count). The average Bonchev–Trinajstić information content (AvgIpc) is 2.23. The maximum atomic E-state index is 12.8. The van der Waals surface area contributed by atoms with E-state index >= 15 is 0 Å². The van der Waals surface area contributed by atoms with Crippen LogP contribution in [0.3, 0.4) is 0 Å². The zero-order chi connectivity index (χ0) is 12.1. The molecule has 0 heterocycles. The first-order chi connectivity index (χ1) is 7.52. The second-order valence-electron chi connectivity index (χ2n) is 3.67. The van der Waals surface area contributed by atoms with E-state index in [1.165, 1.54) is 0 Å². The van der Waals surface area contributed by atoms with Crippen molar-refractivity contribution in [1.29, 1.82) is 0 Å². The number of hydrogen-bond donors (Lipinski definition) is 0. The molecule has 0 N–H and O–H groups in total. The van der Waals surface area contributed by atoms with Crippen molar-refractivity contribution >= 4 is 5.78 Å². The lowest BCUT2D eigenvalue weighted by Gasteiger charge is -2.09. The van der Waals surface area contributed by atoms with Crippen LogP contribution in [0.15, 0.2) is 18.2 Å². The van der Waals surface area contributed by atoms with Crippen LogP contribution < -0.4 is 4.74 Å². The van der Waals surface area contributed by atoms with Crippen LogP contribution in [0.1, 0.15) is 20.3 Å². The fourth-order valence-electron chi connectivity index (χ4n) is 1.14. The van der Waals surface area contributed by atoms with Crippen LogP contribution in [-0.4, -0.2) is 12.4 Å². The number of Topliss-reactive ketones (excluding diaryl/α,β-unsaturated/α-hetero) is 1. The van der Waals surface area contributed by atoms with Crippen molar-refractivity contribution < 1.29 is 18.3 Å². The van der Waals surface area contributed by atoms with E-state index in [0.29, 0.717) is 0 Å². The molecule has 4 heteroatoms. The normalized spacial score (nSPS) is 12.2. The van der Waals surface area contributed by atoms with Gasteiger partial charge in [0.1, 0.15) is 24.0 Å². The first-order valence-corrected chi connectivity index (χ1v) is 5.14. The summed E-state index contributed by atoms with van der Waals surface area (Å²) in [5.41, 5.74) is 0. The second kappa shape index (κ2) is 5.58. The standard InChI is InChI=1S/C12H14F2O2/c1-3-8(2)12(15)7-16-11-5-9(13)4-10(14)6-11/h4-6,8H,3,7H2,1-2H3. The number of carbonyl (C=O) groups excluding carboxylic acids is 1. The van der Waals surface area contributed by atoms with Crippen molar-refractivity contribution in [2.45, 2.75) is 20.3 Å². The summed E-state index contributed by atoms with van der Waals surface area (Å²) in [6, 6.07) is 2.85. The molecule has 0 saturated carbocycles. The van der Waals surface area contributed by atoms with Gasteiger partial charge >= 0.3 is 0 Å². The summed E-state index contributed by atoms with van der Waals surface area (Å²) in [6.07, 6.45) is 0.722. The third-order valence-corrected chi connectivity index (χ3v) is 2.38. The monoisotopic (exact) mass is 228 g/mol. The third kappa shape index (κ3) is 3.61. The van der Waals surface area contributed by atoms with Crippen molar-refractivity contribution in [3.8, 4) is 5.75 Å². The fraction of sp³-hybridized carbons (Fsp3) is 0.417. The van der Waals surface area contributed by atoms with E-state index < -0.39 is 11.6 Å². The van der Waals surface area contributed by atoms with Gasteiger partial charge < -0.3 is 4.74 Å². The fourth-order valence-corrected chi connectivity index (χ4v) is 1.14. The Morgan fingerprint density at radius 3 is 2.38 bits per heavy atom. The van der Waals surface area contributed by atoms with E-state index in [-0.39, 0.29) is 24.1 Å². The van der Waals surface area contributed by atoms with Gasteiger partial charge in [0, 0.05) is 24.1 Å². The van der Waals surface area contributed by atoms with Crippen LogP contribution in [0.25, 0.3) is 0 Å². The maximum absolute atomic E-state index is 12.8. The summed E-state index contributed by atoms with van der Waals surface area (Å²) < 4.78 is 30.6. The highest BCUT2D eigenvalue weighted by Gasteiger charge is 2.11. The Morgan fingerprint density at radius 2 is 1.88 bits per heavy atom. The molecule has 88 valence electrons. The minimum atomic E-state index is -0.717. The first kappa shape index (κ1) is 12.6. The van der Waals surface area contributed by atoms with E-state index in [0.717, 1.165) is 24.6 Å². The van der Waals surface area contributed by atoms with E-state index in [1.54, 1.807) is 6.92 Å². The summed E-state index contributed by atoms with van der Waals surface area (Å²) in [5, 5.41) is 0. The highest BCUT2D eigenvalue weighted by molar-refractivity contribution is 5.82. The topological polar surface area (TPSA) is 26.3 Å². The molecule has 0 spiro atoms. The largest absolute Gasteiger partial charge is 0.486 e. The number of halogens is 2. The molecule has 0 aromatic heterocycles. The maximum Gasteiger partial charge on any atom is 0.172 e. The van der Waals surface area contributed by atoms with Crippen molar-refractivity contribution in [2.24, 2.45) is 5.92 Å². The lowest BCUT2D eigenvalue weighted by molar-refractivity contribution is -0.124. The zero-order valence-corrected chi connectivity index (χ0v) is 9.30. The Bertz CT molecular complexity index is 357. The summed E-state index contributed by atoms with van der Waals surface area (Å²) in [7, 11) is 0. The molecule has 1 aromatic rings. The zero-order valence-electron chi connectivity index (χ0n) is 9.30. The van der Waals surface area contributed by atoms with E-state index in [4.69, 9.17) is 4.74 Å². The van der Waals surface area contributed by atoms with Crippen LogP contribution in [-0.2, 0) is 4.79 Å². The molecule has 0 fully saturated rings. The number of ether oxygens (including phenoxy) is 1. The summed E-state index contributed by atoms with van der Waals surface area (Å²) in [4.78, 5) is 11.4. The predicted octanol–water partition coefficient (Wildman–Crippen LogP) is 2.96. The van der Waals surface area contributed by atoms with Crippen LogP contribution in [0.5, 0.6) is 5.75 Å². The molecule has 2 nitrogen and oxygen atoms in total. The van der Waals surface area contributed by atoms with E-state index in [1.807, 2.05) is 6.92 Å². The minimum Gasteiger partial charge on any atom is -0.486 e. The molecule has 1 aromatic carbocycles. The van der Waals surface area contributed by atoms with E-state index in [2.05, 4.69) is 0 Å². The van der Waals surface area contributed by atoms with Gasteiger partial charge in [-0.05, 0) is 6.42 Å². The van der Waals surface area contributed by atoms with Crippen molar-refractivity contribution in [3.63, 3.8) is 0 Å². The Kier molecular flexibility index (Phi) is 4.40. The minimum absolute atomic E-state index is 0.0363. The molecule has 0 aliphatic heterocycles. The molecule has 0 aliphatic rings. The van der Waals surface area contributed by atoms with Crippen molar-refractivity contribution in [3.05, 3.63) is 29.8 Å². The average molecular weight is 228 g/mol. The smallest absolute Gasteiger partial charge is 0.172 e. The first-order valence-electron chi connectivity index (χ1n) is 5.14. The van der Waals surface area contributed by atoms with Gasteiger partial charge in [0.15, 0.2) is 5.78 Å². The van der Waals surface area contributed by atoms with Gasteiger partial charge in [-0.1, -0.05) is 13.8 Å². The molecule has 0 amide bonds. The SMILES string of the molecule is CCC(C)C(=O)COc1cc(F)cc(F)c1. The molecule has 0 saturated heterocycles. The molecule has 16 heavy (non-hydrogen) atoms. The van der Waals surface area contributed by atoms with Crippen molar-refractivity contribution in [1.82, 2.24) is 0 Å². The van der Waals surface area contributed by atoms with Gasteiger partial charge in [0.2, 0.25) is 0 Å². The highest BCUT2D eigenvalue weighted by atomic mass is 19.1. The quantitative estimate of drug-likeness (QED) is 0.774. The third-order valence-electron chi connectivity index (χ3n) is 2.38. The molecular formula is C12H14F2O2. The molecule has 0 radical (unpaired) electrons. The van der Waals surface area contributed by atoms with Gasteiger partial charge in [-0.25, -0.2) is 8.78 Å². The Labute approximate surface area is 93.2 Å². The van der Waals surface area contributed by atoms with Crippen LogP contribution in [0, 0.1) is 17.6 Å². The van der Waals surface area contributed by atoms with Crippen molar-refractivity contribution in [2.75, 3.05) is 6.61 Å². The van der Waals surface area contributed by atoms with E-state index in [9.17, 15) is 13.6 Å². The number of rotatable bonds is 5. The lowest BCUT2D eigenvalue weighted by atomic mass is 10.1. The summed E-state index contributed by atoms with van der Waals surface area (Å²) in [5.74, 6) is -1.57. The molecule has 1 unspecified atom stereocenters. The Morgan fingerprint density at radius 1 is 1.31 bits per heavy atom. The van der Waals surface area contributed by atoms with Gasteiger partial charge in [-0.3, -0.25) is 4.79 Å². The highest BCUT2D eigenvalue weighted by Crippen LogP contribution is 2.15. The predicted molar refractivity (Wildman–Crippen MR) is 56.3 cm³/mol. The second-order valence-corrected chi connectivity index (χ2v) is 3.67. The molecule has 1 atom stereocenters. The number of carbonyl (C=O) groups is 1. The number of ketones is 1. The summed E-state index contributed by atoms with van der Waals surface area (Å²) in [6.45, 7) is 3.53. The van der Waals surface area contributed by atoms with Gasteiger partial charge in [0.05, 0.1) is 0 Å². The van der Waals surface area contributed by atoms with Gasteiger partial charge in [-0.15, -0.1) is 0 Å². The van der Waals surface area contributed by atoms with Crippen LogP contribution >= 0.6 is 0 Å². The molecular weight excluding hydrogens is 214 g/mol. The van der Waals surface area contributed by atoms with Gasteiger partial charge in [-0.2, -0.15) is 0 Å². The Hall–Kier alpha value is -1.45.